The summed E-state index contributed by atoms with van der Waals surface area (Å²) in [6.07, 6.45) is 2.31. The van der Waals surface area contributed by atoms with Crippen molar-refractivity contribution < 1.29 is 8.42 Å². The van der Waals surface area contributed by atoms with E-state index < -0.39 is 10.0 Å². The zero-order chi connectivity index (χ0) is 11.3. The molecule has 0 saturated heterocycles. The number of benzene rings is 1. The molecule has 4 heteroatoms. The molecule has 15 heavy (non-hydrogen) atoms. The Bertz CT molecular complexity index is 420. The van der Waals surface area contributed by atoms with Crippen LogP contribution >= 0.6 is 0 Å². The Hall–Kier alpha value is -1.13. The second kappa shape index (κ2) is 5.09. The van der Waals surface area contributed by atoms with Crippen molar-refractivity contribution in [3.8, 4) is 0 Å². The van der Waals surface area contributed by atoms with Gasteiger partial charge in [-0.15, -0.1) is 6.58 Å². The number of sulfonamides is 1. The first kappa shape index (κ1) is 11.9. The van der Waals surface area contributed by atoms with Crippen LogP contribution in [0.15, 0.2) is 41.8 Å². The van der Waals surface area contributed by atoms with Crippen LogP contribution in [-0.4, -0.2) is 15.0 Å². The van der Waals surface area contributed by atoms with E-state index >= 15 is 0 Å². The molecular formula is C11H15NO2S. The third-order valence-corrected chi connectivity index (χ3v) is 3.45. The lowest BCUT2D eigenvalue weighted by atomic mass is 10.2. The zero-order valence-electron chi connectivity index (χ0n) is 8.73. The van der Waals surface area contributed by atoms with Gasteiger partial charge in [-0.3, -0.25) is 0 Å². The van der Waals surface area contributed by atoms with Crippen molar-refractivity contribution in [2.75, 3.05) is 6.54 Å². The van der Waals surface area contributed by atoms with Crippen LogP contribution < -0.4 is 4.72 Å². The van der Waals surface area contributed by atoms with Crippen molar-refractivity contribution in [1.82, 2.24) is 4.72 Å². The van der Waals surface area contributed by atoms with Gasteiger partial charge in [0, 0.05) is 6.54 Å². The molecular weight excluding hydrogens is 210 g/mol. The minimum Gasteiger partial charge on any atom is -0.211 e. The fourth-order valence-corrected chi connectivity index (χ4v) is 2.14. The Morgan fingerprint density at radius 1 is 1.33 bits per heavy atom. The van der Waals surface area contributed by atoms with Gasteiger partial charge in [-0.2, -0.15) is 0 Å². The van der Waals surface area contributed by atoms with E-state index in [1.165, 1.54) is 0 Å². The lowest BCUT2D eigenvalue weighted by Gasteiger charge is -2.05. The van der Waals surface area contributed by atoms with Crippen molar-refractivity contribution in [2.45, 2.75) is 18.2 Å². The van der Waals surface area contributed by atoms with Gasteiger partial charge in [-0.1, -0.05) is 23.8 Å². The van der Waals surface area contributed by atoms with Crippen LogP contribution in [0.2, 0.25) is 0 Å². The summed E-state index contributed by atoms with van der Waals surface area (Å²) in [5, 5.41) is 0. The monoisotopic (exact) mass is 225 g/mol. The second-order valence-corrected chi connectivity index (χ2v) is 5.06. The van der Waals surface area contributed by atoms with Crippen molar-refractivity contribution in [3.63, 3.8) is 0 Å². The normalized spacial score (nSPS) is 11.3. The molecule has 0 aliphatic rings. The summed E-state index contributed by atoms with van der Waals surface area (Å²) in [4.78, 5) is 0.303. The first-order valence-corrected chi connectivity index (χ1v) is 6.22. The van der Waals surface area contributed by atoms with Crippen LogP contribution in [0.3, 0.4) is 0 Å². The number of nitrogens with one attached hydrogen (secondary N) is 1. The number of rotatable bonds is 5. The number of hydrogen-bond donors (Lipinski definition) is 1. The standard InChI is InChI=1S/C11H15NO2S/c1-3-4-9-12-15(13,14)11-7-5-10(2)6-8-11/h3,5-8,12H,1,4,9H2,2H3. The van der Waals surface area contributed by atoms with E-state index in [0.717, 1.165) is 5.56 Å². The van der Waals surface area contributed by atoms with Gasteiger partial charge in [0.2, 0.25) is 10.0 Å². The lowest BCUT2D eigenvalue weighted by molar-refractivity contribution is 0.582. The Morgan fingerprint density at radius 2 is 1.93 bits per heavy atom. The highest BCUT2D eigenvalue weighted by atomic mass is 32.2. The van der Waals surface area contributed by atoms with Crippen molar-refractivity contribution >= 4 is 10.0 Å². The first-order chi connectivity index (χ1) is 7.06. The maximum absolute atomic E-state index is 11.7. The van der Waals surface area contributed by atoms with Gasteiger partial charge in [0.15, 0.2) is 0 Å². The Balaban J connectivity index is 2.77. The molecule has 0 fully saturated rings. The molecule has 0 aliphatic carbocycles. The molecule has 0 aromatic heterocycles. The minimum atomic E-state index is -3.35. The molecule has 0 aliphatic heterocycles. The predicted octanol–water partition coefficient (Wildman–Crippen LogP) is 1.85. The second-order valence-electron chi connectivity index (χ2n) is 3.29. The topological polar surface area (TPSA) is 46.2 Å². The van der Waals surface area contributed by atoms with Gasteiger partial charge in [-0.05, 0) is 25.5 Å². The molecule has 0 unspecified atom stereocenters. The van der Waals surface area contributed by atoms with Crippen LogP contribution in [0, 0.1) is 6.92 Å². The maximum Gasteiger partial charge on any atom is 0.240 e. The highest BCUT2D eigenvalue weighted by Crippen LogP contribution is 2.09. The van der Waals surface area contributed by atoms with Crippen molar-refractivity contribution in [3.05, 3.63) is 42.5 Å². The Kier molecular flexibility index (Phi) is 4.05. The van der Waals surface area contributed by atoms with Gasteiger partial charge in [0.05, 0.1) is 4.90 Å². The Labute approximate surface area is 90.9 Å². The fourth-order valence-electron chi connectivity index (χ4n) is 1.10. The average Bonchev–Trinajstić information content (AvgIpc) is 2.18. The molecule has 3 nitrogen and oxygen atoms in total. The molecule has 1 aromatic rings. The smallest absolute Gasteiger partial charge is 0.211 e. The quantitative estimate of drug-likeness (QED) is 0.614. The average molecular weight is 225 g/mol. The molecule has 1 rings (SSSR count). The van der Waals surface area contributed by atoms with Crippen LogP contribution in [-0.2, 0) is 10.0 Å². The SMILES string of the molecule is C=CCCNS(=O)(=O)c1ccc(C)cc1. The molecule has 0 amide bonds. The summed E-state index contributed by atoms with van der Waals surface area (Å²) in [6, 6.07) is 6.77. The number of hydrogen-bond acceptors (Lipinski definition) is 2. The van der Waals surface area contributed by atoms with Gasteiger partial charge in [-0.25, -0.2) is 13.1 Å². The molecule has 0 atom stereocenters. The van der Waals surface area contributed by atoms with Gasteiger partial charge < -0.3 is 0 Å². The molecule has 0 bridgehead atoms. The lowest BCUT2D eigenvalue weighted by Crippen LogP contribution is -2.24. The van der Waals surface area contributed by atoms with E-state index in [-0.39, 0.29) is 0 Å². The van der Waals surface area contributed by atoms with Crippen LogP contribution in [0.25, 0.3) is 0 Å². The highest BCUT2D eigenvalue weighted by Gasteiger charge is 2.11. The summed E-state index contributed by atoms with van der Waals surface area (Å²) in [5.74, 6) is 0. The largest absolute Gasteiger partial charge is 0.240 e. The van der Waals surface area contributed by atoms with E-state index in [2.05, 4.69) is 11.3 Å². The van der Waals surface area contributed by atoms with Crippen LogP contribution in [0.1, 0.15) is 12.0 Å². The molecule has 1 aromatic carbocycles. The van der Waals surface area contributed by atoms with Crippen molar-refractivity contribution in [1.29, 1.82) is 0 Å². The van der Waals surface area contributed by atoms with E-state index in [1.807, 2.05) is 6.92 Å². The molecule has 0 spiro atoms. The highest BCUT2D eigenvalue weighted by molar-refractivity contribution is 7.89. The van der Waals surface area contributed by atoms with Gasteiger partial charge in [0.1, 0.15) is 0 Å². The zero-order valence-corrected chi connectivity index (χ0v) is 9.55. The summed E-state index contributed by atoms with van der Waals surface area (Å²) in [6.45, 7) is 5.84. The first-order valence-electron chi connectivity index (χ1n) is 4.73. The van der Waals surface area contributed by atoms with Crippen molar-refractivity contribution in [2.24, 2.45) is 0 Å². The molecule has 0 radical (unpaired) electrons. The predicted molar refractivity (Wildman–Crippen MR) is 61.2 cm³/mol. The van der Waals surface area contributed by atoms with E-state index in [0.29, 0.717) is 17.9 Å². The summed E-state index contributed by atoms with van der Waals surface area (Å²) >= 11 is 0. The third-order valence-electron chi connectivity index (χ3n) is 1.97. The number of aryl methyl sites for hydroxylation is 1. The van der Waals surface area contributed by atoms with Crippen LogP contribution in [0.4, 0.5) is 0 Å². The minimum absolute atomic E-state index is 0.303. The maximum atomic E-state index is 11.7. The van der Waals surface area contributed by atoms with E-state index in [4.69, 9.17) is 0 Å². The molecule has 0 saturated carbocycles. The third kappa shape index (κ3) is 3.49. The van der Waals surface area contributed by atoms with E-state index in [1.54, 1.807) is 30.3 Å². The van der Waals surface area contributed by atoms with Gasteiger partial charge >= 0.3 is 0 Å². The Morgan fingerprint density at radius 3 is 2.47 bits per heavy atom. The van der Waals surface area contributed by atoms with E-state index in [9.17, 15) is 8.42 Å². The van der Waals surface area contributed by atoms with Gasteiger partial charge in [0.25, 0.3) is 0 Å². The molecule has 82 valence electrons. The summed E-state index contributed by atoms with van der Waals surface area (Å²) < 4.78 is 25.8. The molecule has 1 N–H and O–H groups in total. The molecule has 0 heterocycles. The summed E-state index contributed by atoms with van der Waals surface area (Å²) in [7, 11) is -3.35. The fraction of sp³-hybridized carbons (Fsp3) is 0.273. The van der Waals surface area contributed by atoms with Crippen LogP contribution in [0.5, 0.6) is 0 Å². The summed E-state index contributed by atoms with van der Waals surface area (Å²) in [5.41, 5.74) is 1.04.